The fraction of sp³-hybridized carbons (Fsp3) is 0.650. The fourth-order valence-electron chi connectivity index (χ4n) is 4.00. The van der Waals surface area contributed by atoms with Crippen molar-refractivity contribution in [2.45, 2.75) is 30.8 Å². The van der Waals surface area contributed by atoms with Crippen LogP contribution in [-0.2, 0) is 4.74 Å². The lowest BCUT2D eigenvalue weighted by atomic mass is 9.88. The Morgan fingerprint density at radius 2 is 2.07 bits per heavy atom. The molecule has 2 N–H and O–H groups in total. The second-order valence-electron chi connectivity index (χ2n) is 7.83. The minimum Gasteiger partial charge on any atom is -0.381 e. The van der Waals surface area contributed by atoms with E-state index in [4.69, 9.17) is 4.74 Å². The third-order valence-corrected chi connectivity index (χ3v) is 5.96. The number of likely N-dealkylation sites (N-methyl/N-ethyl adjacent to an activating group) is 1. The van der Waals surface area contributed by atoms with E-state index in [1.165, 1.54) is 12.1 Å². The van der Waals surface area contributed by atoms with Gasteiger partial charge in [0.2, 0.25) is 0 Å². The van der Waals surface area contributed by atoms with Gasteiger partial charge in [0.05, 0.1) is 5.69 Å². The Balaban J connectivity index is 1.55. The molecule has 6 nitrogen and oxygen atoms in total. The lowest BCUT2D eigenvalue weighted by molar-refractivity contribution is -0.00502. The minimum atomic E-state index is -0.553. The zero-order valence-electron chi connectivity index (χ0n) is 17.0. The van der Waals surface area contributed by atoms with E-state index >= 15 is 0 Å². The molecule has 2 heterocycles. The van der Waals surface area contributed by atoms with Gasteiger partial charge in [-0.25, -0.2) is 8.78 Å². The first kappa shape index (κ1) is 20.8. The maximum Gasteiger partial charge on any atom is 0.191 e. The predicted molar refractivity (Wildman–Crippen MR) is 108 cm³/mol. The van der Waals surface area contributed by atoms with Crippen molar-refractivity contribution in [3.8, 4) is 0 Å². The van der Waals surface area contributed by atoms with Gasteiger partial charge in [0.15, 0.2) is 5.96 Å². The number of aliphatic imine (C=N–C) groups is 1. The molecule has 0 bridgehead atoms. The number of guanidine groups is 1. The molecule has 2 fully saturated rings. The second kappa shape index (κ2) is 9.05. The minimum absolute atomic E-state index is 0.0504. The van der Waals surface area contributed by atoms with E-state index in [9.17, 15) is 8.78 Å². The molecule has 1 unspecified atom stereocenters. The highest BCUT2D eigenvalue weighted by molar-refractivity contribution is 5.80. The Kier molecular flexibility index (Phi) is 6.72. The summed E-state index contributed by atoms with van der Waals surface area (Å²) in [6, 6.07) is 3.89. The van der Waals surface area contributed by atoms with Crippen molar-refractivity contribution in [1.29, 1.82) is 0 Å². The third-order valence-electron chi connectivity index (χ3n) is 5.96. The summed E-state index contributed by atoms with van der Waals surface area (Å²) >= 11 is 0. The van der Waals surface area contributed by atoms with Crippen molar-refractivity contribution in [2.24, 2.45) is 4.99 Å². The van der Waals surface area contributed by atoms with Gasteiger partial charge < -0.3 is 25.2 Å². The number of halogens is 2. The van der Waals surface area contributed by atoms with Crippen molar-refractivity contribution >= 4 is 11.6 Å². The molecule has 0 spiro atoms. The first-order valence-corrected chi connectivity index (χ1v) is 9.86. The fourth-order valence-corrected chi connectivity index (χ4v) is 4.00. The molecule has 1 atom stereocenters. The molecule has 0 saturated carbocycles. The van der Waals surface area contributed by atoms with Gasteiger partial charge in [0.25, 0.3) is 0 Å². The van der Waals surface area contributed by atoms with Crippen LogP contribution in [0.15, 0.2) is 23.2 Å². The smallest absolute Gasteiger partial charge is 0.191 e. The lowest BCUT2D eigenvalue weighted by Gasteiger charge is -2.43. The van der Waals surface area contributed by atoms with Crippen molar-refractivity contribution in [2.75, 3.05) is 58.9 Å². The number of anilines is 1. The molecule has 3 rings (SSSR count). The Morgan fingerprint density at radius 3 is 2.71 bits per heavy atom. The average molecular weight is 395 g/mol. The number of benzene rings is 1. The van der Waals surface area contributed by atoms with Crippen LogP contribution >= 0.6 is 0 Å². The number of ether oxygens (including phenoxy) is 1. The van der Waals surface area contributed by atoms with E-state index in [0.29, 0.717) is 12.2 Å². The zero-order chi connectivity index (χ0) is 20.1. The van der Waals surface area contributed by atoms with E-state index in [-0.39, 0.29) is 11.6 Å². The summed E-state index contributed by atoms with van der Waals surface area (Å²) < 4.78 is 32.7. The summed E-state index contributed by atoms with van der Waals surface area (Å²) in [5.41, 5.74) is 0.497. The van der Waals surface area contributed by atoms with E-state index in [1.807, 2.05) is 4.90 Å². The van der Waals surface area contributed by atoms with E-state index < -0.39 is 11.6 Å². The maximum atomic E-state index is 14.0. The van der Waals surface area contributed by atoms with Crippen molar-refractivity contribution in [3.05, 3.63) is 29.8 Å². The summed E-state index contributed by atoms with van der Waals surface area (Å²) in [4.78, 5) is 8.57. The molecule has 0 radical (unpaired) electrons. The first-order valence-electron chi connectivity index (χ1n) is 9.86. The second-order valence-corrected chi connectivity index (χ2v) is 7.83. The zero-order valence-corrected chi connectivity index (χ0v) is 17.0. The van der Waals surface area contributed by atoms with Gasteiger partial charge in [-0.2, -0.15) is 0 Å². The molecule has 8 heteroatoms. The standard InChI is InChI=1S/C20H31F2N5O/c1-23-19(24-14-20(26(2)3)7-10-28-11-8-20)25-16-6-9-27(13-16)18-5-4-15(21)12-17(18)22/h4-5,12,16H,6-11,13-14H2,1-3H3,(H2,23,24,25). The van der Waals surface area contributed by atoms with Crippen molar-refractivity contribution in [1.82, 2.24) is 15.5 Å². The number of hydrogen-bond donors (Lipinski definition) is 2. The quantitative estimate of drug-likeness (QED) is 0.588. The molecular formula is C20H31F2N5O. The lowest BCUT2D eigenvalue weighted by Crippen LogP contribution is -2.57. The van der Waals surface area contributed by atoms with Crippen LogP contribution in [0.25, 0.3) is 0 Å². The Morgan fingerprint density at radius 1 is 1.32 bits per heavy atom. The highest BCUT2D eigenvalue weighted by Crippen LogP contribution is 2.26. The van der Waals surface area contributed by atoms with Gasteiger partial charge in [-0.15, -0.1) is 0 Å². The topological polar surface area (TPSA) is 52.1 Å². The normalized spacial score (nSPS) is 22.6. The molecule has 2 aliphatic heterocycles. The summed E-state index contributed by atoms with van der Waals surface area (Å²) in [5.74, 6) is -0.322. The highest BCUT2D eigenvalue weighted by atomic mass is 19.1. The molecule has 28 heavy (non-hydrogen) atoms. The molecule has 156 valence electrons. The van der Waals surface area contributed by atoms with Crippen molar-refractivity contribution in [3.63, 3.8) is 0 Å². The summed E-state index contributed by atoms with van der Waals surface area (Å²) in [6.45, 7) is 3.69. The molecule has 0 amide bonds. The summed E-state index contributed by atoms with van der Waals surface area (Å²) in [5, 5.41) is 6.90. The van der Waals surface area contributed by atoms with Crippen LogP contribution in [0, 0.1) is 11.6 Å². The number of hydrogen-bond acceptors (Lipinski definition) is 4. The van der Waals surface area contributed by atoms with E-state index in [2.05, 4.69) is 34.6 Å². The van der Waals surface area contributed by atoms with Gasteiger partial charge in [-0.1, -0.05) is 0 Å². The highest BCUT2D eigenvalue weighted by Gasteiger charge is 2.35. The van der Waals surface area contributed by atoms with E-state index in [0.717, 1.165) is 57.6 Å². The van der Waals surface area contributed by atoms with Crippen LogP contribution in [-0.4, -0.2) is 76.4 Å². The van der Waals surface area contributed by atoms with Crippen LogP contribution in [0.5, 0.6) is 0 Å². The largest absolute Gasteiger partial charge is 0.381 e. The third kappa shape index (κ3) is 4.72. The van der Waals surface area contributed by atoms with Crippen molar-refractivity contribution < 1.29 is 13.5 Å². The van der Waals surface area contributed by atoms with Gasteiger partial charge in [0, 0.05) is 57.5 Å². The van der Waals surface area contributed by atoms with Gasteiger partial charge >= 0.3 is 0 Å². The van der Waals surface area contributed by atoms with Crippen LogP contribution in [0.2, 0.25) is 0 Å². The molecular weight excluding hydrogens is 364 g/mol. The van der Waals surface area contributed by atoms with Gasteiger partial charge in [-0.05, 0) is 45.5 Å². The first-order chi connectivity index (χ1) is 13.4. The van der Waals surface area contributed by atoms with Crippen LogP contribution in [0.4, 0.5) is 14.5 Å². The Bertz CT molecular complexity index is 691. The number of rotatable bonds is 5. The number of nitrogens with zero attached hydrogens (tertiary/aromatic N) is 3. The van der Waals surface area contributed by atoms with E-state index in [1.54, 1.807) is 7.05 Å². The van der Waals surface area contributed by atoms with Crippen LogP contribution in [0.3, 0.4) is 0 Å². The van der Waals surface area contributed by atoms with Gasteiger partial charge in [0.1, 0.15) is 11.6 Å². The summed E-state index contributed by atoms with van der Waals surface area (Å²) in [7, 11) is 5.97. The average Bonchev–Trinajstić information content (AvgIpc) is 3.14. The molecule has 1 aromatic rings. The Labute approximate surface area is 165 Å². The molecule has 2 saturated heterocycles. The Hall–Kier alpha value is -1.93. The van der Waals surface area contributed by atoms with Crippen LogP contribution in [0.1, 0.15) is 19.3 Å². The SMILES string of the molecule is CN=C(NCC1(N(C)C)CCOCC1)NC1CCN(c2ccc(F)cc2F)C1. The molecule has 2 aliphatic rings. The summed E-state index contributed by atoms with van der Waals surface area (Å²) in [6.07, 6.45) is 2.82. The number of nitrogens with one attached hydrogen (secondary N) is 2. The molecule has 1 aromatic carbocycles. The molecule has 0 aliphatic carbocycles. The predicted octanol–water partition coefficient (Wildman–Crippen LogP) is 1.82. The monoisotopic (exact) mass is 395 g/mol. The van der Waals surface area contributed by atoms with Gasteiger partial charge in [-0.3, -0.25) is 4.99 Å². The molecule has 0 aromatic heterocycles. The maximum absolute atomic E-state index is 14.0. The van der Waals surface area contributed by atoms with Crippen LogP contribution < -0.4 is 15.5 Å².